The molecule has 0 fully saturated rings. The number of aliphatic hydroxyl groups is 3. The van der Waals surface area contributed by atoms with Crippen LogP contribution in [0.2, 0.25) is 0 Å². The van der Waals surface area contributed by atoms with Crippen LogP contribution >= 0.6 is 35.8 Å². The minimum atomic E-state index is -1.05. The zero-order valence-electron chi connectivity index (χ0n) is 17.6. The van der Waals surface area contributed by atoms with E-state index in [-0.39, 0.29) is 36.8 Å². The Balaban J connectivity index is 0.000000436. The molecule has 0 spiro atoms. The second-order valence-electron chi connectivity index (χ2n) is 5.75. The molecule has 178 valence electrons. The smallest absolute Gasteiger partial charge is 0.283 e. The lowest BCUT2D eigenvalue weighted by atomic mass is 10.2. The molecule has 2 aromatic heterocycles. The average Bonchev–Trinajstić information content (AvgIpc) is 3.13. The van der Waals surface area contributed by atoms with E-state index in [9.17, 15) is 4.79 Å². The second-order valence-corrected chi connectivity index (χ2v) is 8.54. The quantitative estimate of drug-likeness (QED) is 0.158. The number of aromatic nitrogens is 4. The number of nitrogens with zero attached hydrogens (tertiary/aromatic N) is 4. The molecule has 5 N–H and O–H groups in total. The fraction of sp³-hybridized carbons (Fsp3) is 0.389. The number of anilines is 1. The summed E-state index contributed by atoms with van der Waals surface area (Å²) in [4.78, 5) is 21.1. The lowest BCUT2D eigenvalue weighted by molar-refractivity contribution is 0.200. The van der Waals surface area contributed by atoms with E-state index < -0.39 is 7.58 Å². The summed E-state index contributed by atoms with van der Waals surface area (Å²) < 4.78 is 12.9. The van der Waals surface area contributed by atoms with Gasteiger partial charge in [0.1, 0.15) is 0 Å². The number of halogens is 1. The van der Waals surface area contributed by atoms with Gasteiger partial charge in [-0.25, -0.2) is 4.98 Å². The summed E-state index contributed by atoms with van der Waals surface area (Å²) in [6, 6.07) is 9.53. The van der Waals surface area contributed by atoms with Crippen LogP contribution in [0.5, 0.6) is 0 Å². The molecule has 0 aliphatic heterocycles. The Kier molecular flexibility index (Phi) is 13.6. The van der Waals surface area contributed by atoms with Gasteiger partial charge in [-0.1, -0.05) is 42.6 Å². The van der Waals surface area contributed by atoms with Gasteiger partial charge in [-0.3, -0.25) is 9.36 Å². The van der Waals surface area contributed by atoms with E-state index in [1.807, 2.05) is 30.3 Å². The Morgan fingerprint density at radius 1 is 1.16 bits per heavy atom. The van der Waals surface area contributed by atoms with E-state index in [2.05, 4.69) is 42.7 Å². The molecule has 32 heavy (non-hydrogen) atoms. The van der Waals surface area contributed by atoms with E-state index in [1.165, 1.54) is 11.7 Å². The number of rotatable bonds is 8. The van der Waals surface area contributed by atoms with Crippen molar-refractivity contribution >= 4 is 52.9 Å². The summed E-state index contributed by atoms with van der Waals surface area (Å²) in [5, 5.41) is 24.3. The number of nitrogens with two attached hydrogens (primary N) is 1. The van der Waals surface area contributed by atoms with Crippen molar-refractivity contribution in [3.05, 3.63) is 51.0 Å². The maximum Gasteiger partial charge on any atom is 0.283 e. The van der Waals surface area contributed by atoms with Crippen LogP contribution < -0.4 is 11.3 Å². The third-order valence-electron chi connectivity index (χ3n) is 3.80. The topological polar surface area (TPSA) is 158 Å². The highest BCUT2D eigenvalue weighted by atomic mass is 79.9. The number of nitrogen functional groups attached to an aromatic ring is 1. The molecule has 1 atom stereocenters. The maximum atomic E-state index is 12.6. The summed E-state index contributed by atoms with van der Waals surface area (Å²) in [5.74, 6) is 0.118. The van der Waals surface area contributed by atoms with Crippen LogP contribution in [-0.4, -0.2) is 68.5 Å². The van der Waals surface area contributed by atoms with Gasteiger partial charge >= 0.3 is 0 Å². The minimum absolute atomic E-state index is 0.0166. The number of aliphatic hydroxyl groups excluding tert-OH is 3. The molecule has 0 aliphatic rings. The van der Waals surface area contributed by atoms with Gasteiger partial charge in [0.25, 0.3) is 5.56 Å². The molecule has 0 aliphatic carbocycles. The molecule has 3 aromatic rings. The summed E-state index contributed by atoms with van der Waals surface area (Å²) in [6.45, 7) is 0.842. The Labute approximate surface area is 200 Å². The van der Waals surface area contributed by atoms with Crippen LogP contribution in [0.3, 0.4) is 0 Å². The highest BCUT2D eigenvalue weighted by Gasteiger charge is 2.17. The van der Waals surface area contributed by atoms with Gasteiger partial charge in [-0.05, 0) is 21.5 Å². The van der Waals surface area contributed by atoms with Gasteiger partial charge in [0, 0.05) is 20.8 Å². The van der Waals surface area contributed by atoms with Crippen LogP contribution in [0.1, 0.15) is 5.56 Å². The number of benzene rings is 1. The molecule has 0 saturated heterocycles. The Bertz CT molecular complexity index is 1010. The first kappa shape index (κ1) is 28.5. The van der Waals surface area contributed by atoms with E-state index in [0.29, 0.717) is 23.5 Å². The standard InChI is InChI=1S/C14H14BrN5O2.C3H9O3PS.CH4O/c15-13-17-10-11(19(13)6-7-21)18-14(16)20(12(10)22)8-9-4-2-1-3-5-9;1-5-7(8)6-3-2-4;1-2/h1-5,21H,6-8H2,(H2,16,18);4,8H,2-3H2,1H3;2H,1H3. The maximum absolute atomic E-state index is 12.6. The Morgan fingerprint density at radius 3 is 2.38 bits per heavy atom. The largest absolute Gasteiger partial charge is 0.400 e. The zero-order valence-corrected chi connectivity index (χ0v) is 21.0. The van der Waals surface area contributed by atoms with E-state index in [0.717, 1.165) is 12.7 Å². The van der Waals surface area contributed by atoms with Gasteiger partial charge in [-0.15, -0.1) is 0 Å². The Morgan fingerprint density at radius 2 is 1.81 bits per heavy atom. The number of imidazole rings is 1. The number of hydrogen-bond acceptors (Lipinski definition) is 10. The van der Waals surface area contributed by atoms with E-state index in [1.54, 1.807) is 4.57 Å². The molecule has 1 aromatic carbocycles. The van der Waals surface area contributed by atoms with Crippen LogP contribution in [0.25, 0.3) is 11.2 Å². The summed E-state index contributed by atoms with van der Waals surface area (Å²) >= 11 is 7.15. The normalized spacial score (nSPS) is 11.3. The van der Waals surface area contributed by atoms with Gasteiger partial charge in [-0.2, -0.15) is 4.98 Å². The first-order valence-electron chi connectivity index (χ1n) is 9.21. The summed E-state index contributed by atoms with van der Waals surface area (Å²) in [5.41, 5.74) is 7.19. The number of fused-ring (bicyclic) bond motifs is 1. The lowest BCUT2D eigenvalue weighted by Gasteiger charge is -2.09. The van der Waals surface area contributed by atoms with Crippen LogP contribution in [0.4, 0.5) is 5.95 Å². The number of thiol groups is 1. The summed E-state index contributed by atoms with van der Waals surface area (Å²) in [7, 11) is 1.46. The second kappa shape index (κ2) is 15.3. The predicted octanol–water partition coefficient (Wildman–Crippen LogP) is 1.39. The molecule has 11 nitrogen and oxygen atoms in total. The highest BCUT2D eigenvalue weighted by molar-refractivity contribution is 9.10. The molecule has 14 heteroatoms. The molecular formula is C18H27BrN5O6PS. The van der Waals surface area contributed by atoms with Crippen molar-refractivity contribution in [1.82, 2.24) is 19.1 Å². The first-order chi connectivity index (χ1) is 15.4. The number of hydrogen-bond donors (Lipinski definition) is 5. The van der Waals surface area contributed by atoms with Crippen molar-refractivity contribution in [3.63, 3.8) is 0 Å². The van der Waals surface area contributed by atoms with E-state index >= 15 is 0 Å². The van der Waals surface area contributed by atoms with Crippen molar-refractivity contribution < 1.29 is 24.4 Å². The molecule has 2 heterocycles. The molecular weight excluding hydrogens is 525 g/mol. The molecule has 0 saturated carbocycles. The first-order valence-corrected chi connectivity index (χ1v) is 12.3. The fourth-order valence-electron chi connectivity index (χ4n) is 2.46. The molecule has 0 bridgehead atoms. The van der Waals surface area contributed by atoms with Gasteiger partial charge < -0.3 is 34.7 Å². The van der Waals surface area contributed by atoms with Crippen molar-refractivity contribution in [1.29, 1.82) is 0 Å². The van der Waals surface area contributed by atoms with Gasteiger partial charge in [0.2, 0.25) is 13.5 Å². The lowest BCUT2D eigenvalue weighted by Crippen LogP contribution is -2.25. The average molecular weight is 552 g/mol. The van der Waals surface area contributed by atoms with Gasteiger partial charge in [0.05, 0.1) is 26.4 Å². The third kappa shape index (κ3) is 8.09. The van der Waals surface area contributed by atoms with Crippen molar-refractivity contribution in [2.45, 2.75) is 13.1 Å². The van der Waals surface area contributed by atoms with Crippen LogP contribution in [0, 0.1) is 0 Å². The molecule has 3 rings (SSSR count). The van der Waals surface area contributed by atoms with Crippen LogP contribution in [0.15, 0.2) is 39.9 Å². The fourth-order valence-corrected chi connectivity index (χ4v) is 3.57. The molecule has 0 amide bonds. The van der Waals surface area contributed by atoms with Crippen molar-refractivity contribution in [3.8, 4) is 0 Å². The van der Waals surface area contributed by atoms with E-state index in [4.69, 9.17) is 25.6 Å². The van der Waals surface area contributed by atoms with Gasteiger partial charge in [0.15, 0.2) is 15.9 Å². The predicted molar refractivity (Wildman–Crippen MR) is 131 cm³/mol. The SMILES string of the molecule is CO.COP(S)OCCO.Nc1nc2c(nc(Br)n2CCO)c(=O)n1Cc1ccccc1. The minimum Gasteiger partial charge on any atom is -0.400 e. The van der Waals surface area contributed by atoms with Crippen molar-refractivity contribution in [2.24, 2.45) is 0 Å². The highest BCUT2D eigenvalue weighted by Crippen LogP contribution is 2.41. The third-order valence-corrected chi connectivity index (χ3v) is 5.95. The Hall–Kier alpha value is -1.57. The van der Waals surface area contributed by atoms with Crippen molar-refractivity contribution in [2.75, 3.05) is 39.8 Å². The summed E-state index contributed by atoms with van der Waals surface area (Å²) in [6.07, 6.45) is 0. The molecule has 0 radical (unpaired) electrons. The van der Waals surface area contributed by atoms with Crippen LogP contribution in [-0.2, 0) is 22.1 Å². The monoisotopic (exact) mass is 551 g/mol. The molecule has 1 unspecified atom stereocenters. The zero-order chi connectivity index (χ0) is 24.1.